The molecule has 1 fully saturated rings. The van der Waals surface area contributed by atoms with E-state index in [1.54, 1.807) is 62.8 Å². The minimum Gasteiger partial charge on any atom is -0.497 e. The van der Waals surface area contributed by atoms with E-state index in [1.807, 2.05) is 0 Å². The number of rotatable bonds is 11. The van der Waals surface area contributed by atoms with Crippen LogP contribution in [0.25, 0.3) is 0 Å². The normalized spacial score (nSPS) is 12.8. The lowest BCUT2D eigenvalue weighted by Crippen LogP contribution is -2.22. The summed E-state index contributed by atoms with van der Waals surface area (Å²) in [7, 11) is 3.19. The van der Waals surface area contributed by atoms with E-state index in [-0.39, 0.29) is 23.3 Å². The van der Waals surface area contributed by atoms with Crippen LogP contribution in [-0.4, -0.2) is 65.6 Å². The Morgan fingerprint density at radius 2 is 1.19 bits per heavy atom. The van der Waals surface area contributed by atoms with E-state index in [9.17, 15) is 9.59 Å². The summed E-state index contributed by atoms with van der Waals surface area (Å²) >= 11 is 2.46. The summed E-state index contributed by atoms with van der Waals surface area (Å²) in [6, 6.07) is 14.2. The van der Waals surface area contributed by atoms with Gasteiger partial charge in [0.05, 0.1) is 25.7 Å². The Morgan fingerprint density at radius 3 is 1.59 bits per heavy atom. The van der Waals surface area contributed by atoms with E-state index >= 15 is 0 Å². The maximum Gasteiger partial charge on any atom is 0.234 e. The monoisotopic (exact) mass is 540 g/mol. The molecular formula is C25H28N6O4S2. The van der Waals surface area contributed by atoms with Gasteiger partial charge in [0.1, 0.15) is 11.5 Å². The molecule has 1 aliphatic rings. The van der Waals surface area contributed by atoms with Crippen molar-refractivity contribution < 1.29 is 19.1 Å². The van der Waals surface area contributed by atoms with Gasteiger partial charge < -0.3 is 25.0 Å². The highest BCUT2D eigenvalue weighted by atomic mass is 32.2. The van der Waals surface area contributed by atoms with Gasteiger partial charge in [-0.1, -0.05) is 23.5 Å². The van der Waals surface area contributed by atoms with Gasteiger partial charge in [-0.15, -0.1) is 0 Å². The Hall–Kier alpha value is -3.51. The molecule has 2 aromatic carbocycles. The van der Waals surface area contributed by atoms with Crippen molar-refractivity contribution in [2.45, 2.75) is 23.2 Å². The first-order valence-electron chi connectivity index (χ1n) is 11.7. The summed E-state index contributed by atoms with van der Waals surface area (Å²) < 4.78 is 10.3. The number of methoxy groups -OCH3 is 2. The predicted molar refractivity (Wildman–Crippen MR) is 146 cm³/mol. The van der Waals surface area contributed by atoms with Gasteiger partial charge in [-0.3, -0.25) is 9.59 Å². The standard InChI is InChI=1S/C25H28N6O4S2/c1-34-19-9-5-17(6-10-19)26-21(32)15-36-24-28-23(31-13-3-4-14-31)29-25(30-24)37-16-22(33)27-18-7-11-20(35-2)12-8-18/h5-12H,3-4,13-16H2,1-2H3,(H,26,32)(H,27,33). The summed E-state index contributed by atoms with van der Waals surface area (Å²) in [5, 5.41) is 6.60. The van der Waals surface area contributed by atoms with Crippen molar-refractivity contribution in [3.05, 3.63) is 48.5 Å². The molecule has 0 atom stereocenters. The number of hydrogen-bond donors (Lipinski definition) is 2. The second-order valence-corrected chi connectivity index (χ2v) is 9.91. The Balaban J connectivity index is 1.37. The van der Waals surface area contributed by atoms with Crippen molar-refractivity contribution in [3.8, 4) is 11.5 Å². The molecule has 0 aliphatic carbocycles. The number of nitrogens with zero attached hydrogens (tertiary/aromatic N) is 4. The molecule has 37 heavy (non-hydrogen) atoms. The largest absolute Gasteiger partial charge is 0.497 e. The molecule has 0 saturated carbocycles. The number of anilines is 3. The second kappa shape index (κ2) is 13.2. The zero-order valence-corrected chi connectivity index (χ0v) is 22.2. The number of carbonyl (C=O) groups is 2. The maximum absolute atomic E-state index is 12.5. The van der Waals surface area contributed by atoms with Crippen LogP contribution >= 0.6 is 23.5 Å². The van der Waals surface area contributed by atoms with Crippen LogP contribution in [0, 0.1) is 0 Å². The van der Waals surface area contributed by atoms with Crippen LogP contribution in [0.15, 0.2) is 58.8 Å². The molecule has 1 aromatic heterocycles. The molecule has 3 aromatic rings. The first-order chi connectivity index (χ1) is 18.0. The average molecular weight is 541 g/mol. The van der Waals surface area contributed by atoms with Crippen LogP contribution in [-0.2, 0) is 9.59 Å². The van der Waals surface area contributed by atoms with Gasteiger partial charge >= 0.3 is 0 Å². The van der Waals surface area contributed by atoms with Gasteiger partial charge in [0.15, 0.2) is 10.3 Å². The Labute approximate surface area is 224 Å². The van der Waals surface area contributed by atoms with E-state index in [4.69, 9.17) is 9.47 Å². The molecule has 194 valence electrons. The van der Waals surface area contributed by atoms with Crippen LogP contribution < -0.4 is 25.0 Å². The average Bonchev–Trinajstić information content (AvgIpc) is 3.47. The first kappa shape index (κ1) is 26.6. The smallest absolute Gasteiger partial charge is 0.234 e. The minimum atomic E-state index is -0.175. The molecule has 2 N–H and O–H groups in total. The molecule has 0 unspecified atom stereocenters. The summed E-state index contributed by atoms with van der Waals surface area (Å²) in [6.07, 6.45) is 2.15. The SMILES string of the molecule is COc1ccc(NC(=O)CSc2nc(SCC(=O)Nc3ccc(OC)cc3)nc(N3CCCC3)n2)cc1. The highest BCUT2D eigenvalue weighted by molar-refractivity contribution is 8.00. The predicted octanol–water partition coefficient (Wildman–Crippen LogP) is 3.95. The van der Waals surface area contributed by atoms with Gasteiger partial charge in [0, 0.05) is 24.5 Å². The fraction of sp³-hybridized carbons (Fsp3) is 0.320. The van der Waals surface area contributed by atoms with Gasteiger partial charge in [0.25, 0.3) is 0 Å². The number of aromatic nitrogens is 3. The Morgan fingerprint density at radius 1 is 0.757 bits per heavy atom. The maximum atomic E-state index is 12.5. The van der Waals surface area contributed by atoms with Crippen molar-refractivity contribution in [1.29, 1.82) is 0 Å². The lowest BCUT2D eigenvalue weighted by atomic mass is 10.3. The molecule has 0 spiro atoms. The lowest BCUT2D eigenvalue weighted by Gasteiger charge is -2.16. The quantitative estimate of drug-likeness (QED) is 0.346. The van der Waals surface area contributed by atoms with Crippen molar-refractivity contribution >= 4 is 52.7 Å². The van der Waals surface area contributed by atoms with E-state index in [0.717, 1.165) is 37.4 Å². The summed E-state index contributed by atoms with van der Waals surface area (Å²) in [5.41, 5.74) is 1.36. The van der Waals surface area contributed by atoms with Crippen LogP contribution in [0.4, 0.5) is 17.3 Å². The van der Waals surface area contributed by atoms with E-state index < -0.39 is 0 Å². The van der Waals surface area contributed by atoms with Gasteiger partial charge in [-0.25, -0.2) is 0 Å². The van der Waals surface area contributed by atoms with Gasteiger partial charge in [-0.05, 0) is 61.4 Å². The molecule has 2 heterocycles. The van der Waals surface area contributed by atoms with Crippen LogP contribution in [0.3, 0.4) is 0 Å². The lowest BCUT2D eigenvalue weighted by molar-refractivity contribution is -0.114. The van der Waals surface area contributed by atoms with Crippen molar-refractivity contribution in [2.24, 2.45) is 0 Å². The number of nitrogens with one attached hydrogen (secondary N) is 2. The molecular weight excluding hydrogens is 512 g/mol. The van der Waals surface area contributed by atoms with Crippen molar-refractivity contribution in [1.82, 2.24) is 15.0 Å². The topological polar surface area (TPSA) is 119 Å². The minimum absolute atomic E-state index is 0.136. The van der Waals surface area contributed by atoms with Crippen LogP contribution in [0.5, 0.6) is 11.5 Å². The Bertz CT molecular complexity index is 1120. The van der Waals surface area contributed by atoms with E-state index in [1.165, 1.54) is 23.5 Å². The molecule has 0 radical (unpaired) electrons. The van der Waals surface area contributed by atoms with Crippen molar-refractivity contribution in [2.75, 3.05) is 54.3 Å². The third kappa shape index (κ3) is 7.99. The Kier molecular flexibility index (Phi) is 9.44. The highest BCUT2D eigenvalue weighted by Crippen LogP contribution is 2.25. The molecule has 12 heteroatoms. The molecule has 0 bridgehead atoms. The zero-order chi connectivity index (χ0) is 26.0. The summed E-state index contributed by atoms with van der Waals surface area (Å²) in [5.74, 6) is 1.93. The number of hydrogen-bond acceptors (Lipinski definition) is 10. The molecule has 1 saturated heterocycles. The number of amides is 2. The number of carbonyl (C=O) groups excluding carboxylic acids is 2. The summed E-state index contributed by atoms with van der Waals surface area (Å²) in [4.78, 5) is 40.7. The van der Waals surface area contributed by atoms with Crippen molar-refractivity contribution in [3.63, 3.8) is 0 Å². The van der Waals surface area contributed by atoms with Crippen LogP contribution in [0.2, 0.25) is 0 Å². The van der Waals surface area contributed by atoms with Gasteiger partial charge in [-0.2, -0.15) is 15.0 Å². The third-order valence-electron chi connectivity index (χ3n) is 5.38. The van der Waals surface area contributed by atoms with Crippen LogP contribution in [0.1, 0.15) is 12.8 Å². The fourth-order valence-corrected chi connectivity index (χ4v) is 4.84. The highest BCUT2D eigenvalue weighted by Gasteiger charge is 2.19. The fourth-order valence-electron chi connectivity index (χ4n) is 3.52. The first-order valence-corrected chi connectivity index (χ1v) is 13.6. The number of thioether (sulfide) groups is 2. The molecule has 2 amide bonds. The molecule has 10 nitrogen and oxygen atoms in total. The van der Waals surface area contributed by atoms with Gasteiger partial charge in [0.2, 0.25) is 17.8 Å². The van der Waals surface area contributed by atoms with E-state index in [0.29, 0.717) is 27.6 Å². The number of ether oxygens (including phenoxy) is 2. The molecule has 1 aliphatic heterocycles. The number of benzene rings is 2. The third-order valence-corrected chi connectivity index (χ3v) is 7.08. The zero-order valence-electron chi connectivity index (χ0n) is 20.6. The second-order valence-electron chi connectivity index (χ2n) is 8.03. The molecule has 4 rings (SSSR count). The van der Waals surface area contributed by atoms with E-state index in [2.05, 4.69) is 30.5 Å². The summed E-state index contributed by atoms with van der Waals surface area (Å²) in [6.45, 7) is 1.74.